The van der Waals surface area contributed by atoms with Crippen molar-refractivity contribution in [2.45, 2.75) is 33.6 Å². The van der Waals surface area contributed by atoms with Crippen molar-refractivity contribution in [2.24, 2.45) is 5.41 Å². The van der Waals surface area contributed by atoms with Crippen LogP contribution >= 0.6 is 0 Å². The minimum atomic E-state index is -0.0554. The molecule has 1 heterocycles. The second-order valence-corrected chi connectivity index (χ2v) is 5.26. The molecule has 0 bridgehead atoms. The van der Waals surface area contributed by atoms with E-state index >= 15 is 0 Å². The highest BCUT2D eigenvalue weighted by molar-refractivity contribution is 5.85. The first-order chi connectivity index (χ1) is 6.88. The van der Waals surface area contributed by atoms with Gasteiger partial charge in [-0.15, -0.1) is 0 Å². The summed E-state index contributed by atoms with van der Waals surface area (Å²) >= 11 is 0. The number of carbonyl (C=O) groups is 2. The highest BCUT2D eigenvalue weighted by Crippen LogP contribution is 2.11. The van der Waals surface area contributed by atoms with Gasteiger partial charge in [0.2, 0.25) is 11.8 Å². The van der Waals surface area contributed by atoms with Crippen molar-refractivity contribution in [3.63, 3.8) is 0 Å². The average Bonchev–Trinajstić information content (AvgIpc) is 2.47. The number of amides is 2. The van der Waals surface area contributed by atoms with Crippen molar-refractivity contribution < 1.29 is 9.59 Å². The molecule has 2 amide bonds. The Bertz CT molecular complexity index is 256. The van der Waals surface area contributed by atoms with Gasteiger partial charge in [0, 0.05) is 19.5 Å². The van der Waals surface area contributed by atoms with Crippen LogP contribution in [0.5, 0.6) is 0 Å². The molecule has 1 aliphatic rings. The topological polar surface area (TPSA) is 49.4 Å². The largest absolute Gasteiger partial charge is 0.354 e. The smallest absolute Gasteiger partial charge is 0.239 e. The van der Waals surface area contributed by atoms with Gasteiger partial charge in [-0.3, -0.25) is 9.59 Å². The number of hydrogen-bond donors (Lipinski definition) is 1. The summed E-state index contributed by atoms with van der Waals surface area (Å²) in [7, 11) is 0. The fourth-order valence-corrected chi connectivity index (χ4v) is 1.46. The quantitative estimate of drug-likeness (QED) is 0.751. The Labute approximate surface area is 91.0 Å². The molecule has 1 aliphatic heterocycles. The van der Waals surface area contributed by atoms with Crippen molar-refractivity contribution in [2.75, 3.05) is 19.6 Å². The van der Waals surface area contributed by atoms with Crippen LogP contribution in [0.25, 0.3) is 0 Å². The van der Waals surface area contributed by atoms with Gasteiger partial charge in [0.15, 0.2) is 0 Å². The van der Waals surface area contributed by atoms with E-state index in [0.717, 1.165) is 13.0 Å². The molecule has 1 rings (SSSR count). The summed E-state index contributed by atoms with van der Waals surface area (Å²) in [6.45, 7) is 7.78. The fourth-order valence-electron chi connectivity index (χ4n) is 1.46. The third kappa shape index (κ3) is 4.32. The van der Waals surface area contributed by atoms with E-state index in [0.29, 0.717) is 13.0 Å². The second kappa shape index (κ2) is 4.64. The van der Waals surface area contributed by atoms with Gasteiger partial charge in [-0.1, -0.05) is 20.8 Å². The molecule has 0 aromatic carbocycles. The van der Waals surface area contributed by atoms with E-state index in [-0.39, 0.29) is 23.8 Å². The lowest BCUT2D eigenvalue weighted by Gasteiger charge is -2.20. The molecule has 0 unspecified atom stereocenters. The Morgan fingerprint density at radius 3 is 2.60 bits per heavy atom. The minimum absolute atomic E-state index is 0.0554. The van der Waals surface area contributed by atoms with Crippen LogP contribution < -0.4 is 5.32 Å². The van der Waals surface area contributed by atoms with Gasteiger partial charge in [0.1, 0.15) is 0 Å². The summed E-state index contributed by atoms with van der Waals surface area (Å²) in [5, 5.41) is 2.84. The Morgan fingerprint density at radius 2 is 2.13 bits per heavy atom. The van der Waals surface area contributed by atoms with Gasteiger partial charge < -0.3 is 10.2 Å². The molecule has 0 aromatic rings. The van der Waals surface area contributed by atoms with Gasteiger partial charge in [-0.25, -0.2) is 0 Å². The van der Waals surface area contributed by atoms with Gasteiger partial charge >= 0.3 is 0 Å². The maximum absolute atomic E-state index is 11.5. The van der Waals surface area contributed by atoms with Gasteiger partial charge in [0.25, 0.3) is 0 Å². The maximum Gasteiger partial charge on any atom is 0.239 e. The summed E-state index contributed by atoms with van der Waals surface area (Å²) in [6.07, 6.45) is 1.47. The van der Waals surface area contributed by atoms with E-state index in [1.165, 1.54) is 0 Å². The highest BCUT2D eigenvalue weighted by atomic mass is 16.2. The molecular weight excluding hydrogens is 192 g/mol. The van der Waals surface area contributed by atoms with Crippen LogP contribution in [0.1, 0.15) is 33.6 Å². The Hall–Kier alpha value is -1.06. The lowest BCUT2D eigenvalue weighted by Crippen LogP contribution is -2.40. The van der Waals surface area contributed by atoms with Gasteiger partial charge in [0.05, 0.1) is 6.54 Å². The molecule has 1 N–H and O–H groups in total. The third-order valence-electron chi connectivity index (χ3n) is 2.32. The van der Waals surface area contributed by atoms with E-state index in [2.05, 4.69) is 26.1 Å². The number of hydrogen-bond acceptors (Lipinski definition) is 2. The zero-order chi connectivity index (χ0) is 11.5. The first kappa shape index (κ1) is 12.0. The zero-order valence-electron chi connectivity index (χ0n) is 9.80. The van der Waals surface area contributed by atoms with Crippen LogP contribution in [0, 0.1) is 5.41 Å². The zero-order valence-corrected chi connectivity index (χ0v) is 9.80. The summed E-state index contributed by atoms with van der Waals surface area (Å²) in [5.41, 5.74) is 0.0880. The third-order valence-corrected chi connectivity index (χ3v) is 2.32. The standard InChI is InChI=1S/C11H20N2O2/c1-11(2,3)8-12-9(14)7-13-6-4-5-10(13)15/h4-8H2,1-3H3,(H,12,14). The molecule has 15 heavy (non-hydrogen) atoms. The Kier molecular flexibility index (Phi) is 3.72. The molecule has 0 spiro atoms. The fraction of sp³-hybridized carbons (Fsp3) is 0.818. The summed E-state index contributed by atoms with van der Waals surface area (Å²) in [5.74, 6) is 0.0427. The molecular formula is C11H20N2O2. The van der Waals surface area contributed by atoms with Gasteiger partial charge in [-0.2, -0.15) is 0 Å². The molecule has 0 aromatic heterocycles. The lowest BCUT2D eigenvalue weighted by atomic mass is 9.97. The molecule has 1 fully saturated rings. The van der Waals surface area contributed by atoms with Gasteiger partial charge in [-0.05, 0) is 11.8 Å². The predicted molar refractivity (Wildman–Crippen MR) is 58.3 cm³/mol. The van der Waals surface area contributed by atoms with E-state index in [1.54, 1.807) is 4.90 Å². The summed E-state index contributed by atoms with van der Waals surface area (Å²) in [4.78, 5) is 24.4. The van der Waals surface area contributed by atoms with Crippen LogP contribution in [0.4, 0.5) is 0 Å². The van der Waals surface area contributed by atoms with Crippen molar-refractivity contribution in [1.29, 1.82) is 0 Å². The molecule has 86 valence electrons. The van der Waals surface area contributed by atoms with E-state index in [4.69, 9.17) is 0 Å². The molecule has 4 nitrogen and oxygen atoms in total. The molecule has 4 heteroatoms. The van der Waals surface area contributed by atoms with Crippen LogP contribution in [0.2, 0.25) is 0 Å². The first-order valence-corrected chi connectivity index (χ1v) is 5.43. The van der Waals surface area contributed by atoms with Crippen molar-refractivity contribution >= 4 is 11.8 Å². The van der Waals surface area contributed by atoms with Crippen molar-refractivity contribution in [3.05, 3.63) is 0 Å². The van der Waals surface area contributed by atoms with Crippen LogP contribution in [0.15, 0.2) is 0 Å². The lowest BCUT2D eigenvalue weighted by molar-refractivity contribution is -0.133. The number of carbonyl (C=O) groups excluding carboxylic acids is 2. The normalized spacial score (nSPS) is 17.0. The minimum Gasteiger partial charge on any atom is -0.354 e. The van der Waals surface area contributed by atoms with Crippen molar-refractivity contribution in [1.82, 2.24) is 10.2 Å². The first-order valence-electron chi connectivity index (χ1n) is 5.43. The SMILES string of the molecule is CC(C)(C)CNC(=O)CN1CCCC1=O. The Morgan fingerprint density at radius 1 is 1.47 bits per heavy atom. The average molecular weight is 212 g/mol. The molecule has 0 atom stereocenters. The summed E-state index contributed by atoms with van der Waals surface area (Å²) < 4.78 is 0. The second-order valence-electron chi connectivity index (χ2n) is 5.26. The van der Waals surface area contributed by atoms with E-state index in [1.807, 2.05) is 0 Å². The van der Waals surface area contributed by atoms with E-state index in [9.17, 15) is 9.59 Å². The Balaban J connectivity index is 2.27. The molecule has 1 saturated heterocycles. The van der Waals surface area contributed by atoms with Crippen molar-refractivity contribution in [3.8, 4) is 0 Å². The van der Waals surface area contributed by atoms with Crippen LogP contribution in [-0.2, 0) is 9.59 Å². The number of nitrogens with one attached hydrogen (secondary N) is 1. The number of likely N-dealkylation sites (tertiary alicyclic amines) is 1. The number of nitrogens with zero attached hydrogens (tertiary/aromatic N) is 1. The number of rotatable bonds is 3. The molecule has 0 aliphatic carbocycles. The van der Waals surface area contributed by atoms with Crippen LogP contribution in [-0.4, -0.2) is 36.3 Å². The van der Waals surface area contributed by atoms with E-state index < -0.39 is 0 Å². The maximum atomic E-state index is 11.5. The highest BCUT2D eigenvalue weighted by Gasteiger charge is 2.22. The monoisotopic (exact) mass is 212 g/mol. The van der Waals surface area contributed by atoms with Crippen LogP contribution in [0.3, 0.4) is 0 Å². The molecule has 0 radical (unpaired) electrons. The molecule has 0 saturated carbocycles. The summed E-state index contributed by atoms with van der Waals surface area (Å²) in [6, 6.07) is 0. The predicted octanol–water partition coefficient (Wildman–Crippen LogP) is 0.771.